The number of carbonyl (C=O) groups is 1. The maximum absolute atomic E-state index is 12.8. The van der Waals surface area contributed by atoms with Gasteiger partial charge < -0.3 is 10.1 Å². The monoisotopic (exact) mass is 373 g/mol. The minimum atomic E-state index is -0.502. The third-order valence-corrected chi connectivity index (χ3v) is 5.64. The van der Waals surface area contributed by atoms with Gasteiger partial charge in [0.25, 0.3) is 5.91 Å². The number of nitrogens with one attached hydrogen (secondary N) is 1. The molecule has 0 radical (unpaired) electrons. The molecule has 0 bridgehead atoms. The van der Waals surface area contributed by atoms with E-state index in [1.54, 1.807) is 0 Å². The standard InChI is InChI=1S/C25H27NO2/c1-3-24(28-23-14-13-18-7-4-5-8-22(18)16-23)25(27)26-17(2)20-12-11-19-9-6-10-21(19)15-20/h4-5,7-8,11-17,24H,3,6,9-10H2,1-2H3,(H,26,27)/t17-,24-/m1/s1. The van der Waals surface area contributed by atoms with E-state index in [0.717, 1.165) is 28.5 Å². The van der Waals surface area contributed by atoms with Crippen LogP contribution in [0.2, 0.25) is 0 Å². The van der Waals surface area contributed by atoms with E-state index in [4.69, 9.17) is 4.74 Å². The Kier molecular flexibility index (Phi) is 5.34. The second-order valence-electron chi connectivity index (χ2n) is 7.64. The highest BCUT2D eigenvalue weighted by Gasteiger charge is 2.21. The van der Waals surface area contributed by atoms with Crippen molar-refractivity contribution in [1.82, 2.24) is 5.32 Å². The van der Waals surface area contributed by atoms with Crippen LogP contribution in [0, 0.1) is 0 Å². The lowest BCUT2D eigenvalue weighted by atomic mass is 10.0. The number of fused-ring (bicyclic) bond motifs is 2. The summed E-state index contributed by atoms with van der Waals surface area (Å²) in [5.41, 5.74) is 4.04. The molecule has 4 rings (SSSR count). The van der Waals surface area contributed by atoms with Crippen molar-refractivity contribution in [3.63, 3.8) is 0 Å². The first kappa shape index (κ1) is 18.5. The SMILES string of the molecule is CC[C@@H](Oc1ccc2ccccc2c1)C(=O)N[C@H](C)c1ccc2c(c1)CCC2. The lowest BCUT2D eigenvalue weighted by Crippen LogP contribution is -2.39. The molecule has 2 atom stereocenters. The van der Waals surface area contributed by atoms with Crippen molar-refractivity contribution in [3.05, 3.63) is 77.4 Å². The topological polar surface area (TPSA) is 38.3 Å². The van der Waals surface area contributed by atoms with Crippen molar-refractivity contribution in [1.29, 1.82) is 0 Å². The molecule has 0 saturated heterocycles. The third-order valence-electron chi connectivity index (χ3n) is 5.64. The van der Waals surface area contributed by atoms with Gasteiger partial charge in [0.2, 0.25) is 0 Å². The number of hydrogen-bond acceptors (Lipinski definition) is 2. The third kappa shape index (κ3) is 3.89. The highest BCUT2D eigenvalue weighted by molar-refractivity contribution is 5.84. The molecule has 1 aliphatic carbocycles. The van der Waals surface area contributed by atoms with Gasteiger partial charge in [0, 0.05) is 0 Å². The van der Waals surface area contributed by atoms with Crippen molar-refractivity contribution in [2.75, 3.05) is 0 Å². The van der Waals surface area contributed by atoms with Gasteiger partial charge in [0.1, 0.15) is 5.75 Å². The van der Waals surface area contributed by atoms with Crippen LogP contribution < -0.4 is 10.1 Å². The highest BCUT2D eigenvalue weighted by atomic mass is 16.5. The second kappa shape index (κ2) is 8.05. The van der Waals surface area contributed by atoms with Crippen molar-refractivity contribution in [3.8, 4) is 5.75 Å². The fraction of sp³-hybridized carbons (Fsp3) is 0.320. The first-order chi connectivity index (χ1) is 13.6. The maximum atomic E-state index is 12.8. The van der Waals surface area contributed by atoms with Crippen LogP contribution >= 0.6 is 0 Å². The van der Waals surface area contributed by atoms with Crippen molar-refractivity contribution < 1.29 is 9.53 Å². The van der Waals surface area contributed by atoms with E-state index in [-0.39, 0.29) is 11.9 Å². The van der Waals surface area contributed by atoms with E-state index in [2.05, 4.69) is 35.6 Å². The van der Waals surface area contributed by atoms with Gasteiger partial charge in [-0.25, -0.2) is 0 Å². The Morgan fingerprint density at radius 2 is 1.79 bits per heavy atom. The maximum Gasteiger partial charge on any atom is 0.261 e. The molecular formula is C25H27NO2. The zero-order valence-corrected chi connectivity index (χ0v) is 16.6. The quantitative estimate of drug-likeness (QED) is 0.631. The number of aryl methyl sites for hydroxylation is 2. The molecule has 3 aromatic rings. The van der Waals surface area contributed by atoms with Crippen LogP contribution in [0.25, 0.3) is 10.8 Å². The van der Waals surface area contributed by atoms with E-state index in [1.807, 2.05) is 44.2 Å². The molecule has 0 spiro atoms. The molecule has 28 heavy (non-hydrogen) atoms. The van der Waals surface area contributed by atoms with Crippen LogP contribution in [0.4, 0.5) is 0 Å². The number of carbonyl (C=O) groups excluding carboxylic acids is 1. The zero-order valence-electron chi connectivity index (χ0n) is 16.6. The molecule has 144 valence electrons. The summed E-state index contributed by atoms with van der Waals surface area (Å²) in [6.07, 6.45) is 3.67. The summed E-state index contributed by atoms with van der Waals surface area (Å²) in [6, 6.07) is 20.7. The fourth-order valence-corrected chi connectivity index (χ4v) is 3.98. The average molecular weight is 373 g/mol. The highest BCUT2D eigenvalue weighted by Crippen LogP contribution is 2.26. The largest absolute Gasteiger partial charge is 0.481 e. The summed E-state index contributed by atoms with van der Waals surface area (Å²) in [5, 5.41) is 5.41. The fourth-order valence-electron chi connectivity index (χ4n) is 3.98. The van der Waals surface area contributed by atoms with Gasteiger partial charge in [-0.15, -0.1) is 0 Å². The summed E-state index contributed by atoms with van der Waals surface area (Å²) >= 11 is 0. The predicted molar refractivity (Wildman–Crippen MR) is 114 cm³/mol. The molecule has 3 nitrogen and oxygen atoms in total. The molecule has 0 fully saturated rings. The number of benzene rings is 3. The van der Waals surface area contributed by atoms with Gasteiger partial charge in [-0.1, -0.05) is 55.5 Å². The van der Waals surface area contributed by atoms with E-state index in [9.17, 15) is 4.79 Å². The summed E-state index contributed by atoms with van der Waals surface area (Å²) in [6.45, 7) is 4.02. The van der Waals surface area contributed by atoms with Gasteiger partial charge in [0.05, 0.1) is 6.04 Å². The van der Waals surface area contributed by atoms with Crippen LogP contribution in [0.5, 0.6) is 5.75 Å². The van der Waals surface area contributed by atoms with Crippen molar-refractivity contribution in [2.24, 2.45) is 0 Å². The van der Waals surface area contributed by atoms with Gasteiger partial charge in [0.15, 0.2) is 6.10 Å². The molecule has 0 aliphatic heterocycles. The number of rotatable bonds is 6. The van der Waals surface area contributed by atoms with Crippen LogP contribution in [0.3, 0.4) is 0 Å². The zero-order chi connectivity index (χ0) is 19.5. The summed E-state index contributed by atoms with van der Waals surface area (Å²) in [5.74, 6) is 0.662. The average Bonchev–Trinajstić information content (AvgIpc) is 3.19. The van der Waals surface area contributed by atoms with E-state index in [0.29, 0.717) is 6.42 Å². The lowest BCUT2D eigenvalue weighted by molar-refractivity contribution is -0.128. The molecule has 0 saturated carbocycles. The minimum Gasteiger partial charge on any atom is -0.481 e. The van der Waals surface area contributed by atoms with E-state index >= 15 is 0 Å². The number of hydrogen-bond donors (Lipinski definition) is 1. The molecule has 0 unspecified atom stereocenters. The molecule has 3 aromatic carbocycles. The first-order valence-electron chi connectivity index (χ1n) is 10.2. The Balaban J connectivity index is 1.44. The Bertz CT molecular complexity index is 995. The minimum absolute atomic E-state index is 0.0346. The van der Waals surface area contributed by atoms with E-state index < -0.39 is 6.10 Å². The van der Waals surface area contributed by atoms with E-state index in [1.165, 1.54) is 24.0 Å². The second-order valence-corrected chi connectivity index (χ2v) is 7.64. The number of ether oxygens (including phenoxy) is 1. The summed E-state index contributed by atoms with van der Waals surface area (Å²) < 4.78 is 6.03. The van der Waals surface area contributed by atoms with Gasteiger partial charge in [-0.3, -0.25) is 4.79 Å². The van der Waals surface area contributed by atoms with Gasteiger partial charge >= 0.3 is 0 Å². The number of amides is 1. The molecule has 1 N–H and O–H groups in total. The molecule has 0 heterocycles. The Morgan fingerprint density at radius 3 is 2.61 bits per heavy atom. The molecule has 3 heteroatoms. The smallest absolute Gasteiger partial charge is 0.261 e. The Labute approximate surface area is 166 Å². The Morgan fingerprint density at radius 1 is 1.00 bits per heavy atom. The predicted octanol–water partition coefficient (Wildman–Crippen LogP) is 5.36. The Hall–Kier alpha value is -2.81. The van der Waals surface area contributed by atoms with Gasteiger partial charge in [-0.2, -0.15) is 0 Å². The van der Waals surface area contributed by atoms with Crippen LogP contribution in [0.1, 0.15) is 49.4 Å². The lowest BCUT2D eigenvalue weighted by Gasteiger charge is -2.21. The normalized spacial score (nSPS) is 15.1. The summed E-state index contributed by atoms with van der Waals surface area (Å²) in [4.78, 5) is 12.8. The van der Waals surface area contributed by atoms with Crippen LogP contribution in [-0.2, 0) is 17.6 Å². The summed E-state index contributed by atoms with van der Waals surface area (Å²) in [7, 11) is 0. The van der Waals surface area contributed by atoms with Crippen molar-refractivity contribution >= 4 is 16.7 Å². The van der Waals surface area contributed by atoms with Crippen LogP contribution in [-0.4, -0.2) is 12.0 Å². The van der Waals surface area contributed by atoms with Crippen molar-refractivity contribution in [2.45, 2.75) is 51.7 Å². The van der Waals surface area contributed by atoms with Gasteiger partial charge in [-0.05, 0) is 72.2 Å². The first-order valence-corrected chi connectivity index (χ1v) is 10.2. The van der Waals surface area contributed by atoms with Crippen LogP contribution in [0.15, 0.2) is 60.7 Å². The molecule has 1 amide bonds. The molecular weight excluding hydrogens is 346 g/mol. The molecule has 1 aliphatic rings. The molecule has 0 aromatic heterocycles.